The lowest BCUT2D eigenvalue weighted by molar-refractivity contribution is 0.115. The van der Waals surface area contributed by atoms with Crippen LogP contribution in [0.3, 0.4) is 0 Å². The van der Waals surface area contributed by atoms with E-state index in [2.05, 4.69) is 25.8 Å². The van der Waals surface area contributed by atoms with Gasteiger partial charge in [-0.25, -0.2) is 9.97 Å². The van der Waals surface area contributed by atoms with E-state index in [0.717, 1.165) is 63.5 Å². The second kappa shape index (κ2) is 7.66. The van der Waals surface area contributed by atoms with Crippen LogP contribution in [0.2, 0.25) is 0 Å². The fraction of sp³-hybridized carbons (Fsp3) is 0.778. The Kier molecular flexibility index (Phi) is 5.56. The van der Waals surface area contributed by atoms with E-state index in [-0.39, 0.29) is 12.2 Å². The van der Waals surface area contributed by atoms with Crippen LogP contribution in [-0.4, -0.2) is 58.6 Å². The summed E-state index contributed by atoms with van der Waals surface area (Å²) in [5, 5.41) is 19.8. The van der Waals surface area contributed by atoms with Crippen LogP contribution in [0, 0.1) is 11.8 Å². The van der Waals surface area contributed by atoms with Crippen molar-refractivity contribution in [2.75, 3.05) is 36.0 Å². The fourth-order valence-electron chi connectivity index (χ4n) is 3.91. The summed E-state index contributed by atoms with van der Waals surface area (Å²) in [4.78, 5) is 13.5. The highest BCUT2D eigenvalue weighted by Crippen LogP contribution is 2.28. The van der Waals surface area contributed by atoms with Gasteiger partial charge in [0, 0.05) is 44.1 Å². The van der Waals surface area contributed by atoms with E-state index in [1.807, 2.05) is 13.8 Å². The van der Waals surface area contributed by atoms with Crippen LogP contribution in [0.25, 0.3) is 0 Å². The highest BCUT2D eigenvalue weighted by molar-refractivity contribution is 5.50. The molecule has 0 bridgehead atoms. The van der Waals surface area contributed by atoms with Crippen LogP contribution < -0.4 is 9.80 Å². The molecule has 4 atom stereocenters. The van der Waals surface area contributed by atoms with Crippen molar-refractivity contribution in [1.29, 1.82) is 0 Å². The van der Waals surface area contributed by atoms with E-state index in [1.165, 1.54) is 0 Å². The molecule has 0 unspecified atom stereocenters. The van der Waals surface area contributed by atoms with Crippen molar-refractivity contribution in [3.05, 3.63) is 12.4 Å². The van der Waals surface area contributed by atoms with Gasteiger partial charge in [-0.3, -0.25) is 0 Å². The summed E-state index contributed by atoms with van der Waals surface area (Å²) in [6.07, 6.45) is 5.42. The predicted octanol–water partition coefficient (Wildman–Crippen LogP) is 1.67. The van der Waals surface area contributed by atoms with Crippen molar-refractivity contribution in [3.8, 4) is 0 Å². The zero-order valence-electron chi connectivity index (χ0n) is 14.8. The molecule has 6 nitrogen and oxygen atoms in total. The van der Waals surface area contributed by atoms with E-state index in [4.69, 9.17) is 0 Å². The van der Waals surface area contributed by atoms with Gasteiger partial charge in [0.25, 0.3) is 0 Å². The quantitative estimate of drug-likeness (QED) is 0.873. The van der Waals surface area contributed by atoms with Crippen molar-refractivity contribution in [2.45, 2.75) is 51.7 Å². The third-order valence-corrected chi connectivity index (χ3v) is 5.57. The average molecular weight is 334 g/mol. The molecule has 1 aromatic rings. The molecule has 0 aliphatic carbocycles. The highest BCUT2D eigenvalue weighted by atomic mass is 16.3. The van der Waals surface area contributed by atoms with E-state index in [1.54, 1.807) is 6.33 Å². The SMILES string of the molecule is C[C@H](O)[C@@H]1CCCN(c2cc(N3CCC[C@H]([C@H](C)O)C3)ncn2)C1. The summed E-state index contributed by atoms with van der Waals surface area (Å²) < 4.78 is 0. The lowest BCUT2D eigenvalue weighted by atomic mass is 9.93. The molecule has 1 aromatic heterocycles. The number of nitrogens with zero attached hydrogens (tertiary/aromatic N) is 4. The van der Waals surface area contributed by atoms with Crippen LogP contribution in [0.5, 0.6) is 0 Å². The van der Waals surface area contributed by atoms with Gasteiger partial charge in [0.05, 0.1) is 12.2 Å². The minimum Gasteiger partial charge on any atom is -0.393 e. The van der Waals surface area contributed by atoms with Crippen molar-refractivity contribution >= 4 is 11.6 Å². The van der Waals surface area contributed by atoms with Crippen molar-refractivity contribution < 1.29 is 10.2 Å². The van der Waals surface area contributed by atoms with Crippen molar-refractivity contribution in [1.82, 2.24) is 9.97 Å². The van der Waals surface area contributed by atoms with Gasteiger partial charge >= 0.3 is 0 Å². The molecular formula is C18H30N4O2. The van der Waals surface area contributed by atoms with E-state index in [0.29, 0.717) is 11.8 Å². The van der Waals surface area contributed by atoms with Gasteiger partial charge < -0.3 is 20.0 Å². The molecular weight excluding hydrogens is 304 g/mol. The summed E-state index contributed by atoms with van der Waals surface area (Å²) in [5.74, 6) is 2.52. The number of aliphatic hydroxyl groups excluding tert-OH is 2. The van der Waals surface area contributed by atoms with Crippen LogP contribution in [0.1, 0.15) is 39.5 Å². The molecule has 134 valence electrons. The van der Waals surface area contributed by atoms with E-state index in [9.17, 15) is 10.2 Å². The molecule has 3 rings (SSSR count). The monoisotopic (exact) mass is 334 g/mol. The number of piperidine rings is 2. The fourth-order valence-corrected chi connectivity index (χ4v) is 3.91. The number of hydrogen-bond acceptors (Lipinski definition) is 6. The summed E-state index contributed by atoms with van der Waals surface area (Å²) in [5.41, 5.74) is 0. The molecule has 0 spiro atoms. The topological polar surface area (TPSA) is 72.7 Å². The third-order valence-electron chi connectivity index (χ3n) is 5.57. The summed E-state index contributed by atoms with van der Waals surface area (Å²) in [7, 11) is 0. The Morgan fingerprint density at radius 1 is 0.917 bits per heavy atom. The van der Waals surface area contributed by atoms with Gasteiger partial charge in [-0.15, -0.1) is 0 Å². The molecule has 2 fully saturated rings. The first-order valence-electron chi connectivity index (χ1n) is 9.22. The number of aliphatic hydroxyl groups is 2. The Bertz CT molecular complexity index is 494. The number of rotatable bonds is 4. The number of aromatic nitrogens is 2. The van der Waals surface area contributed by atoms with Crippen LogP contribution in [-0.2, 0) is 0 Å². The second-order valence-electron chi connectivity index (χ2n) is 7.41. The Labute approximate surface area is 144 Å². The lowest BCUT2D eigenvalue weighted by Gasteiger charge is -2.37. The standard InChI is InChI=1S/C18H30N4O2/c1-13(23)15-5-3-7-21(10-15)17-9-18(20-12-19-17)22-8-4-6-16(11-22)14(2)24/h9,12-16,23-24H,3-8,10-11H2,1-2H3/t13-,14-,15-,16+/m0/s1. The van der Waals surface area contributed by atoms with Crippen LogP contribution >= 0.6 is 0 Å². The highest BCUT2D eigenvalue weighted by Gasteiger charge is 2.27. The van der Waals surface area contributed by atoms with Gasteiger partial charge in [0.2, 0.25) is 0 Å². The van der Waals surface area contributed by atoms with Crippen LogP contribution in [0.15, 0.2) is 12.4 Å². The Morgan fingerprint density at radius 3 is 1.79 bits per heavy atom. The van der Waals surface area contributed by atoms with Crippen LogP contribution in [0.4, 0.5) is 11.6 Å². The zero-order valence-corrected chi connectivity index (χ0v) is 14.8. The molecule has 3 heterocycles. The zero-order chi connectivity index (χ0) is 17.1. The average Bonchev–Trinajstić information content (AvgIpc) is 2.62. The largest absolute Gasteiger partial charge is 0.393 e. The molecule has 0 amide bonds. The number of hydrogen-bond donors (Lipinski definition) is 2. The van der Waals surface area contributed by atoms with Crippen molar-refractivity contribution in [2.24, 2.45) is 11.8 Å². The van der Waals surface area contributed by atoms with Gasteiger partial charge in [-0.05, 0) is 39.5 Å². The minimum absolute atomic E-state index is 0.275. The predicted molar refractivity (Wildman–Crippen MR) is 95.3 cm³/mol. The van der Waals surface area contributed by atoms with Gasteiger partial charge in [0.1, 0.15) is 18.0 Å². The molecule has 6 heteroatoms. The maximum Gasteiger partial charge on any atom is 0.134 e. The minimum atomic E-state index is -0.275. The Morgan fingerprint density at radius 2 is 1.38 bits per heavy atom. The smallest absolute Gasteiger partial charge is 0.134 e. The second-order valence-corrected chi connectivity index (χ2v) is 7.41. The van der Waals surface area contributed by atoms with Crippen molar-refractivity contribution in [3.63, 3.8) is 0 Å². The summed E-state index contributed by atoms with van der Waals surface area (Å²) in [6.45, 7) is 7.42. The first-order valence-corrected chi connectivity index (χ1v) is 9.22. The first kappa shape index (κ1) is 17.4. The Balaban J connectivity index is 1.72. The molecule has 24 heavy (non-hydrogen) atoms. The van der Waals surface area contributed by atoms with E-state index < -0.39 is 0 Å². The molecule has 0 radical (unpaired) electrons. The molecule has 2 saturated heterocycles. The maximum atomic E-state index is 9.89. The normalized spacial score (nSPS) is 27.8. The van der Waals surface area contributed by atoms with Gasteiger partial charge in [-0.2, -0.15) is 0 Å². The van der Waals surface area contributed by atoms with Gasteiger partial charge in [-0.1, -0.05) is 0 Å². The molecule has 2 N–H and O–H groups in total. The van der Waals surface area contributed by atoms with E-state index >= 15 is 0 Å². The maximum absolute atomic E-state index is 9.89. The van der Waals surface area contributed by atoms with Gasteiger partial charge in [0.15, 0.2) is 0 Å². The third kappa shape index (κ3) is 3.98. The summed E-state index contributed by atoms with van der Waals surface area (Å²) >= 11 is 0. The number of anilines is 2. The lowest BCUT2D eigenvalue weighted by Crippen LogP contribution is -2.41. The molecule has 0 aromatic carbocycles. The first-order chi connectivity index (χ1) is 11.5. The molecule has 0 saturated carbocycles. The summed E-state index contributed by atoms with van der Waals surface area (Å²) in [6, 6.07) is 2.06. The molecule has 2 aliphatic heterocycles. The molecule has 2 aliphatic rings. The Hall–Kier alpha value is -1.40.